The average Bonchev–Trinajstić information content (AvgIpc) is 3.37. The Kier molecular flexibility index (Phi) is 10.5. The lowest BCUT2D eigenvalue weighted by Gasteiger charge is -2.26. The van der Waals surface area contributed by atoms with Gasteiger partial charge in [-0.3, -0.25) is 19.3 Å². The van der Waals surface area contributed by atoms with Crippen molar-refractivity contribution in [3.8, 4) is 5.75 Å². The maximum absolute atomic E-state index is 13.3. The van der Waals surface area contributed by atoms with Crippen LogP contribution in [0.2, 0.25) is 0 Å². The van der Waals surface area contributed by atoms with Crippen molar-refractivity contribution < 1.29 is 36.7 Å². The minimum Gasteiger partial charge on any atom is -0.492 e. The summed E-state index contributed by atoms with van der Waals surface area (Å²) >= 11 is 0. The fourth-order valence-corrected chi connectivity index (χ4v) is 6.71. The Morgan fingerprint density at radius 2 is 1.91 bits per heavy atom. The van der Waals surface area contributed by atoms with Crippen LogP contribution in [-0.2, 0) is 24.3 Å². The number of ether oxygens (including phenoxy) is 2. The Bertz CT molecular complexity index is 1600. The topological polar surface area (TPSA) is 160 Å². The molecule has 0 bridgehead atoms. The van der Waals surface area contributed by atoms with Crippen molar-refractivity contribution in [2.45, 2.75) is 43.8 Å². The molecule has 3 aromatic rings. The first-order valence-electron chi connectivity index (χ1n) is 15.1. The molecule has 2 aliphatic heterocycles. The number of amides is 2. The summed E-state index contributed by atoms with van der Waals surface area (Å²) in [4.78, 5) is 45.8. The first-order chi connectivity index (χ1) is 21.6. The van der Waals surface area contributed by atoms with Crippen LogP contribution in [0.5, 0.6) is 5.75 Å². The van der Waals surface area contributed by atoms with Crippen LogP contribution >= 0.6 is 0 Å². The number of hydrogen-bond acceptors (Lipinski definition) is 10. The number of morpholine rings is 1. The van der Waals surface area contributed by atoms with E-state index in [4.69, 9.17) is 13.9 Å². The normalized spacial score (nSPS) is 19.3. The lowest BCUT2D eigenvalue weighted by Crippen LogP contribution is -2.54. The zero-order valence-corrected chi connectivity index (χ0v) is 26.3. The van der Waals surface area contributed by atoms with Crippen molar-refractivity contribution in [1.82, 2.24) is 24.8 Å². The number of ketones is 1. The quantitative estimate of drug-likeness (QED) is 0.316. The summed E-state index contributed by atoms with van der Waals surface area (Å²) in [7, 11) is -3.96. The predicted octanol–water partition coefficient (Wildman–Crippen LogP) is 1.83. The largest absolute Gasteiger partial charge is 0.492 e. The first-order valence-corrected chi connectivity index (χ1v) is 16.6. The van der Waals surface area contributed by atoms with Crippen LogP contribution in [0, 0.1) is 5.92 Å². The zero-order chi connectivity index (χ0) is 32.0. The van der Waals surface area contributed by atoms with Crippen molar-refractivity contribution in [2.24, 2.45) is 5.92 Å². The van der Waals surface area contributed by atoms with E-state index < -0.39 is 39.7 Å². The highest BCUT2D eigenvalue weighted by molar-refractivity contribution is 7.89. The number of nitrogens with one attached hydrogen (secondary N) is 2. The molecule has 0 radical (unpaired) electrons. The molecular formula is C31H39N5O8S. The second-order valence-electron chi connectivity index (χ2n) is 11.5. The molecule has 0 saturated carbocycles. The lowest BCUT2D eigenvalue weighted by molar-refractivity contribution is -0.129. The summed E-state index contributed by atoms with van der Waals surface area (Å²) in [6.07, 6.45) is 2.00. The van der Waals surface area contributed by atoms with Gasteiger partial charge in [0.15, 0.2) is 16.6 Å². The van der Waals surface area contributed by atoms with E-state index in [1.165, 1.54) is 12.3 Å². The Labute approximate surface area is 262 Å². The van der Waals surface area contributed by atoms with Crippen molar-refractivity contribution >= 4 is 38.6 Å². The number of benzene rings is 1. The van der Waals surface area contributed by atoms with Gasteiger partial charge in [0.25, 0.3) is 15.9 Å². The van der Waals surface area contributed by atoms with Crippen LogP contribution in [0.15, 0.2) is 58.1 Å². The monoisotopic (exact) mass is 641 g/mol. The summed E-state index contributed by atoms with van der Waals surface area (Å²) < 4.78 is 44.2. The highest BCUT2D eigenvalue weighted by atomic mass is 32.2. The van der Waals surface area contributed by atoms with Gasteiger partial charge in [0.2, 0.25) is 5.91 Å². The Morgan fingerprint density at radius 3 is 2.64 bits per heavy atom. The second kappa shape index (κ2) is 14.5. The maximum Gasteiger partial charge on any atom is 0.287 e. The molecule has 2 aliphatic rings. The molecule has 5 rings (SSSR count). The number of fused-ring (bicyclic) bond motifs is 1. The van der Waals surface area contributed by atoms with E-state index in [0.29, 0.717) is 29.7 Å². The van der Waals surface area contributed by atoms with Crippen LogP contribution in [0.3, 0.4) is 0 Å². The number of rotatable bonds is 11. The van der Waals surface area contributed by atoms with Gasteiger partial charge in [0.05, 0.1) is 25.8 Å². The Morgan fingerprint density at radius 1 is 1.11 bits per heavy atom. The molecule has 0 aliphatic carbocycles. The third-order valence-electron chi connectivity index (χ3n) is 7.91. The van der Waals surface area contributed by atoms with Gasteiger partial charge in [0, 0.05) is 37.8 Å². The molecule has 2 amide bonds. The second-order valence-corrected chi connectivity index (χ2v) is 13.4. The van der Waals surface area contributed by atoms with Crippen LogP contribution in [-0.4, -0.2) is 105 Å². The van der Waals surface area contributed by atoms with Crippen molar-refractivity contribution in [1.29, 1.82) is 0 Å². The fourth-order valence-electron chi connectivity index (χ4n) is 5.33. The molecule has 1 aromatic carbocycles. The van der Waals surface area contributed by atoms with Crippen LogP contribution in [0.4, 0.5) is 0 Å². The van der Waals surface area contributed by atoms with Crippen LogP contribution < -0.4 is 15.4 Å². The van der Waals surface area contributed by atoms with Gasteiger partial charge in [-0.05, 0) is 55.2 Å². The smallest absolute Gasteiger partial charge is 0.287 e. The molecule has 0 spiro atoms. The molecule has 45 heavy (non-hydrogen) atoms. The van der Waals surface area contributed by atoms with Gasteiger partial charge in [-0.25, -0.2) is 13.4 Å². The molecule has 2 N–H and O–H groups in total. The minimum absolute atomic E-state index is 0.0369. The lowest BCUT2D eigenvalue weighted by atomic mass is 10.0. The highest BCUT2D eigenvalue weighted by Crippen LogP contribution is 2.25. The van der Waals surface area contributed by atoms with Gasteiger partial charge >= 0.3 is 0 Å². The van der Waals surface area contributed by atoms with Crippen molar-refractivity contribution in [3.63, 3.8) is 0 Å². The summed E-state index contributed by atoms with van der Waals surface area (Å²) in [6.45, 7) is 7.80. The van der Waals surface area contributed by atoms with Gasteiger partial charge in [-0.15, -0.1) is 0 Å². The summed E-state index contributed by atoms with van der Waals surface area (Å²) in [6, 6.07) is 9.60. The molecule has 2 aromatic heterocycles. The van der Waals surface area contributed by atoms with Gasteiger partial charge in [-0.2, -0.15) is 4.31 Å². The molecule has 242 valence electrons. The number of nitrogens with zero attached hydrogens (tertiary/aromatic N) is 3. The number of hydrogen-bond donors (Lipinski definition) is 2. The van der Waals surface area contributed by atoms with Gasteiger partial charge in [0.1, 0.15) is 24.0 Å². The fraction of sp³-hybridized carbons (Fsp3) is 0.484. The molecule has 2 unspecified atom stereocenters. The summed E-state index contributed by atoms with van der Waals surface area (Å²) in [5.41, 5.74) is 0.500. The Hall–Kier alpha value is -3.85. The van der Waals surface area contributed by atoms with Gasteiger partial charge in [-0.1, -0.05) is 19.9 Å². The third-order valence-corrected chi connectivity index (χ3v) is 9.67. The van der Waals surface area contributed by atoms with E-state index in [1.807, 2.05) is 0 Å². The zero-order valence-electron chi connectivity index (χ0n) is 25.4. The number of furan rings is 1. The number of aromatic nitrogens is 1. The first kappa shape index (κ1) is 32.5. The van der Waals surface area contributed by atoms with E-state index >= 15 is 0 Å². The van der Waals surface area contributed by atoms with E-state index in [1.54, 1.807) is 50.2 Å². The molecule has 13 nitrogen and oxygen atoms in total. The summed E-state index contributed by atoms with van der Waals surface area (Å²) in [5.74, 6) is -1.17. The third kappa shape index (κ3) is 8.06. The molecule has 4 heterocycles. The molecular weight excluding hydrogens is 602 g/mol. The van der Waals surface area contributed by atoms with Crippen molar-refractivity contribution in [2.75, 3.05) is 52.5 Å². The standard InChI is InChI=1S/C31H39N5O8S/c1-21(2)29(31(39)33-24-6-5-11-36(20-25(24)37)45(40,41)28-7-3-4-10-32-28)34-30(38)27-19-22-18-23(8-9-26(22)44-27)43-17-14-35-12-15-42-16-13-35/h3-4,7-10,18-19,21,24,29H,5-6,11-17,20H2,1-2H3,(H,33,39)(H,34,38). The number of carbonyl (C=O) groups is 3. The molecule has 2 atom stereocenters. The molecule has 2 fully saturated rings. The van der Waals surface area contributed by atoms with Gasteiger partial charge < -0.3 is 24.5 Å². The maximum atomic E-state index is 13.3. The highest BCUT2D eigenvalue weighted by Gasteiger charge is 2.35. The Balaban J connectivity index is 1.18. The molecule has 2 saturated heterocycles. The number of pyridine rings is 1. The van der Waals surface area contributed by atoms with E-state index in [9.17, 15) is 22.8 Å². The minimum atomic E-state index is -3.96. The number of sulfonamides is 1. The van der Waals surface area contributed by atoms with E-state index in [0.717, 1.165) is 37.2 Å². The van der Waals surface area contributed by atoms with Crippen LogP contribution in [0.25, 0.3) is 11.0 Å². The predicted molar refractivity (Wildman–Crippen MR) is 164 cm³/mol. The van der Waals surface area contributed by atoms with Crippen LogP contribution in [0.1, 0.15) is 37.2 Å². The molecule has 14 heteroatoms. The number of Topliss-reactive ketones (excluding diaryl/α,β-unsaturated/α-hetero) is 1. The SMILES string of the molecule is CC(C)C(NC(=O)c1cc2cc(OCCN3CCOCC3)ccc2o1)C(=O)NC1CCCN(S(=O)(=O)c2ccccn2)CC1=O. The van der Waals surface area contributed by atoms with Crippen molar-refractivity contribution in [3.05, 3.63) is 54.4 Å². The number of carbonyl (C=O) groups excluding carboxylic acids is 3. The average molecular weight is 642 g/mol. The summed E-state index contributed by atoms with van der Waals surface area (Å²) in [5, 5.41) is 6.02. The van der Waals surface area contributed by atoms with E-state index in [-0.39, 0.29) is 36.2 Å². The van der Waals surface area contributed by atoms with E-state index in [2.05, 4.69) is 20.5 Å².